The van der Waals surface area contributed by atoms with Crippen LogP contribution in [0.15, 0.2) is 41.1 Å². The Labute approximate surface area is 176 Å². The third kappa shape index (κ3) is 4.74. The van der Waals surface area contributed by atoms with Crippen LogP contribution >= 0.6 is 11.3 Å². The minimum atomic E-state index is 0.123. The first kappa shape index (κ1) is 20.2. The second-order valence-corrected chi connectivity index (χ2v) is 9.81. The second-order valence-electron chi connectivity index (χ2n) is 8.69. The zero-order valence-electron chi connectivity index (χ0n) is 17.6. The van der Waals surface area contributed by atoms with Crippen LogP contribution in [0.2, 0.25) is 0 Å². The summed E-state index contributed by atoms with van der Waals surface area (Å²) in [5.41, 5.74) is 1.11. The van der Waals surface area contributed by atoms with Crippen molar-refractivity contribution in [3.05, 3.63) is 52.3 Å². The van der Waals surface area contributed by atoms with E-state index in [1.807, 2.05) is 47.9 Å². The highest BCUT2D eigenvalue weighted by atomic mass is 32.1. The number of hydrogen-bond donors (Lipinski definition) is 0. The molecule has 0 unspecified atom stereocenters. The van der Waals surface area contributed by atoms with Crippen LogP contribution in [0.1, 0.15) is 49.5 Å². The molecule has 1 aliphatic heterocycles. The molecule has 4 rings (SSSR count). The smallest absolute Gasteiger partial charge is 0.244 e. The van der Waals surface area contributed by atoms with E-state index in [1.165, 1.54) is 9.88 Å². The molecule has 1 aliphatic rings. The molecular weight excluding hydrogens is 382 g/mol. The van der Waals surface area contributed by atoms with Gasteiger partial charge in [0.05, 0.1) is 11.0 Å². The summed E-state index contributed by atoms with van der Waals surface area (Å²) in [5.74, 6) is 1.35. The number of nitrogens with zero attached hydrogens (tertiary/aromatic N) is 5. The number of piperazine rings is 1. The first-order chi connectivity index (χ1) is 13.9. The molecule has 1 saturated heterocycles. The van der Waals surface area contributed by atoms with Gasteiger partial charge in [0, 0.05) is 54.8 Å². The van der Waals surface area contributed by atoms with Crippen LogP contribution in [-0.2, 0) is 12.0 Å². The Bertz CT molecular complexity index is 922. The molecule has 0 N–H and O–H groups in total. The van der Waals surface area contributed by atoms with Crippen LogP contribution in [-0.4, -0.2) is 51.1 Å². The molecule has 0 bridgehead atoms. The topological polar surface area (TPSA) is 58.3 Å². The third-order valence-corrected chi connectivity index (χ3v) is 6.77. The van der Waals surface area contributed by atoms with Crippen molar-refractivity contribution in [2.75, 3.05) is 26.2 Å². The van der Waals surface area contributed by atoms with Crippen molar-refractivity contribution in [3.8, 4) is 11.4 Å². The van der Waals surface area contributed by atoms with Crippen LogP contribution in [0.5, 0.6) is 0 Å². The predicted octanol–water partition coefficient (Wildman–Crippen LogP) is 4.37. The monoisotopic (exact) mass is 411 g/mol. The molecule has 0 aliphatic carbocycles. The van der Waals surface area contributed by atoms with Gasteiger partial charge in [-0.15, -0.1) is 11.3 Å². The maximum atomic E-state index is 5.57. The van der Waals surface area contributed by atoms with Crippen LogP contribution in [0.4, 0.5) is 0 Å². The van der Waals surface area contributed by atoms with E-state index >= 15 is 0 Å². The van der Waals surface area contributed by atoms with E-state index in [4.69, 9.17) is 4.52 Å². The van der Waals surface area contributed by atoms with E-state index < -0.39 is 0 Å². The molecule has 1 fully saturated rings. The van der Waals surface area contributed by atoms with Crippen molar-refractivity contribution in [2.45, 2.75) is 45.7 Å². The molecular formula is C22H29N5OS. The Morgan fingerprint density at radius 1 is 1.10 bits per heavy atom. The first-order valence-corrected chi connectivity index (χ1v) is 11.0. The van der Waals surface area contributed by atoms with Crippen molar-refractivity contribution in [1.29, 1.82) is 0 Å². The van der Waals surface area contributed by atoms with Gasteiger partial charge in [-0.2, -0.15) is 4.98 Å². The van der Waals surface area contributed by atoms with Crippen molar-refractivity contribution in [2.24, 2.45) is 0 Å². The van der Waals surface area contributed by atoms with Gasteiger partial charge in [-0.05, 0) is 6.92 Å². The second kappa shape index (κ2) is 8.34. The van der Waals surface area contributed by atoms with Crippen LogP contribution in [0.25, 0.3) is 11.4 Å². The maximum absolute atomic E-state index is 5.57. The summed E-state index contributed by atoms with van der Waals surface area (Å²) in [7, 11) is 0. The standard InChI is InChI=1S/C22H29N5OS/c1-16(20-24-19(25-28-20)17-8-6-5-7-9-17)27-12-10-26(11-13-27)15-18-14-23-21(29-18)22(2,3)4/h5-9,14,16H,10-13,15H2,1-4H3/t16-/m1/s1. The highest BCUT2D eigenvalue weighted by Gasteiger charge is 2.26. The molecule has 0 amide bonds. The van der Waals surface area contributed by atoms with E-state index in [-0.39, 0.29) is 11.5 Å². The van der Waals surface area contributed by atoms with Gasteiger partial charge in [0.15, 0.2) is 0 Å². The van der Waals surface area contributed by atoms with Gasteiger partial charge >= 0.3 is 0 Å². The lowest BCUT2D eigenvalue weighted by atomic mass is 9.98. The Morgan fingerprint density at radius 3 is 2.48 bits per heavy atom. The van der Waals surface area contributed by atoms with Gasteiger partial charge in [-0.3, -0.25) is 9.80 Å². The Balaban J connectivity index is 1.32. The average Bonchev–Trinajstić information content (AvgIpc) is 3.38. The molecule has 2 aromatic heterocycles. The van der Waals surface area contributed by atoms with E-state index in [0.29, 0.717) is 11.7 Å². The molecule has 1 atom stereocenters. The Kier molecular flexibility index (Phi) is 5.81. The molecule has 3 aromatic rings. The third-order valence-electron chi connectivity index (χ3n) is 5.36. The fraction of sp³-hybridized carbons (Fsp3) is 0.500. The van der Waals surface area contributed by atoms with Crippen molar-refractivity contribution in [1.82, 2.24) is 24.9 Å². The molecule has 29 heavy (non-hydrogen) atoms. The fourth-order valence-electron chi connectivity index (χ4n) is 3.52. The van der Waals surface area contributed by atoms with Gasteiger partial charge in [0.25, 0.3) is 0 Å². The van der Waals surface area contributed by atoms with Gasteiger partial charge < -0.3 is 4.52 Å². The van der Waals surface area contributed by atoms with Crippen molar-refractivity contribution in [3.63, 3.8) is 0 Å². The number of hydrogen-bond acceptors (Lipinski definition) is 7. The lowest BCUT2D eigenvalue weighted by molar-refractivity contribution is 0.0850. The quantitative estimate of drug-likeness (QED) is 0.621. The summed E-state index contributed by atoms with van der Waals surface area (Å²) in [4.78, 5) is 15.5. The molecule has 0 radical (unpaired) electrons. The summed E-state index contributed by atoms with van der Waals surface area (Å²) in [6.45, 7) is 13.8. The predicted molar refractivity (Wildman–Crippen MR) is 116 cm³/mol. The van der Waals surface area contributed by atoms with Crippen LogP contribution < -0.4 is 0 Å². The molecule has 7 heteroatoms. The highest BCUT2D eigenvalue weighted by Crippen LogP contribution is 2.28. The van der Waals surface area contributed by atoms with Gasteiger partial charge in [0.1, 0.15) is 0 Å². The minimum absolute atomic E-state index is 0.123. The summed E-state index contributed by atoms with van der Waals surface area (Å²) in [6.07, 6.45) is 2.05. The molecule has 0 spiro atoms. The van der Waals surface area contributed by atoms with Gasteiger partial charge in [-0.1, -0.05) is 56.3 Å². The lowest BCUT2D eigenvalue weighted by Crippen LogP contribution is -2.46. The van der Waals surface area contributed by atoms with E-state index in [2.05, 4.69) is 52.6 Å². The van der Waals surface area contributed by atoms with Crippen LogP contribution in [0.3, 0.4) is 0 Å². The largest absolute Gasteiger partial charge is 0.337 e. The molecule has 6 nitrogen and oxygen atoms in total. The number of benzene rings is 1. The minimum Gasteiger partial charge on any atom is -0.337 e. The zero-order chi connectivity index (χ0) is 20.4. The van der Waals surface area contributed by atoms with Gasteiger partial charge in [0.2, 0.25) is 11.7 Å². The summed E-state index contributed by atoms with van der Waals surface area (Å²) < 4.78 is 5.57. The Morgan fingerprint density at radius 2 is 1.83 bits per heavy atom. The number of aromatic nitrogens is 3. The summed E-state index contributed by atoms with van der Waals surface area (Å²) in [5, 5.41) is 5.38. The Hall–Kier alpha value is -2.09. The lowest BCUT2D eigenvalue weighted by Gasteiger charge is -2.36. The molecule has 0 saturated carbocycles. The van der Waals surface area contributed by atoms with Crippen molar-refractivity contribution >= 4 is 11.3 Å². The van der Waals surface area contributed by atoms with E-state index in [0.717, 1.165) is 38.3 Å². The van der Waals surface area contributed by atoms with Crippen molar-refractivity contribution < 1.29 is 4.52 Å². The normalized spacial score (nSPS) is 17.5. The number of thiazole rings is 1. The van der Waals surface area contributed by atoms with E-state index in [1.54, 1.807) is 0 Å². The SMILES string of the molecule is C[C@H](c1nc(-c2ccccc2)no1)N1CCN(Cc2cnc(C(C)(C)C)s2)CC1. The molecule has 1 aromatic carbocycles. The van der Waals surface area contributed by atoms with E-state index in [9.17, 15) is 0 Å². The average molecular weight is 412 g/mol. The summed E-state index contributed by atoms with van der Waals surface area (Å²) >= 11 is 1.84. The maximum Gasteiger partial charge on any atom is 0.244 e. The molecule has 154 valence electrons. The first-order valence-electron chi connectivity index (χ1n) is 10.2. The number of rotatable bonds is 5. The van der Waals surface area contributed by atoms with Crippen LogP contribution in [0, 0.1) is 0 Å². The fourth-order valence-corrected chi connectivity index (χ4v) is 4.53. The summed E-state index contributed by atoms with van der Waals surface area (Å²) in [6, 6.07) is 10.1. The highest BCUT2D eigenvalue weighted by molar-refractivity contribution is 7.11. The molecule has 3 heterocycles. The zero-order valence-corrected chi connectivity index (χ0v) is 18.4. The van der Waals surface area contributed by atoms with Gasteiger partial charge in [-0.25, -0.2) is 4.98 Å².